The Balaban J connectivity index is 1.89. The van der Waals surface area contributed by atoms with Crippen molar-refractivity contribution >= 4 is 28.4 Å². The molecule has 8 nitrogen and oxygen atoms in total. The van der Waals surface area contributed by atoms with Crippen LogP contribution in [0.4, 0.5) is 16.0 Å². The highest BCUT2D eigenvalue weighted by Crippen LogP contribution is 2.21. The van der Waals surface area contributed by atoms with Crippen LogP contribution in [0.5, 0.6) is 0 Å². The molecule has 0 radical (unpaired) electrons. The van der Waals surface area contributed by atoms with Crippen molar-refractivity contribution in [3.05, 3.63) is 53.2 Å². The molecule has 9 heteroatoms. The van der Waals surface area contributed by atoms with Gasteiger partial charge in [-0.3, -0.25) is 9.78 Å². The molecule has 0 unspecified atom stereocenters. The van der Waals surface area contributed by atoms with Crippen LogP contribution in [0, 0.1) is 17.1 Å². The van der Waals surface area contributed by atoms with Crippen LogP contribution in [-0.4, -0.2) is 34.5 Å². The highest BCUT2D eigenvalue weighted by molar-refractivity contribution is 5.98. The van der Waals surface area contributed by atoms with E-state index in [-0.39, 0.29) is 22.7 Å². The highest BCUT2D eigenvalue weighted by Gasteiger charge is 2.15. The molecule has 4 N–H and O–H groups in total. The quantitative estimate of drug-likeness (QED) is 0.626. The molecular weight excluding hydrogens is 349 g/mol. The summed E-state index contributed by atoms with van der Waals surface area (Å²) in [7, 11) is 1.50. The van der Waals surface area contributed by atoms with E-state index in [4.69, 9.17) is 11.0 Å². The number of nitrogens with zero attached hydrogens (tertiary/aromatic N) is 4. The molecule has 0 aliphatic rings. The van der Waals surface area contributed by atoms with Crippen molar-refractivity contribution in [3.63, 3.8) is 0 Å². The van der Waals surface area contributed by atoms with Gasteiger partial charge in [-0.1, -0.05) is 6.07 Å². The zero-order valence-corrected chi connectivity index (χ0v) is 14.5. The largest absolute Gasteiger partial charge is 0.382 e. The Bertz CT molecular complexity index is 1060. The molecule has 27 heavy (non-hydrogen) atoms. The summed E-state index contributed by atoms with van der Waals surface area (Å²) in [6.07, 6.45) is 1.61. The van der Waals surface area contributed by atoms with Crippen molar-refractivity contribution < 1.29 is 9.18 Å². The lowest BCUT2D eigenvalue weighted by Gasteiger charge is -2.12. The van der Waals surface area contributed by atoms with Gasteiger partial charge in [0.2, 0.25) is 0 Å². The topological polar surface area (TPSA) is 130 Å². The number of rotatable bonds is 5. The fourth-order valence-corrected chi connectivity index (χ4v) is 2.66. The van der Waals surface area contributed by atoms with Crippen LogP contribution in [0.15, 0.2) is 30.6 Å². The van der Waals surface area contributed by atoms with E-state index in [1.54, 1.807) is 12.1 Å². The van der Waals surface area contributed by atoms with Gasteiger partial charge >= 0.3 is 0 Å². The van der Waals surface area contributed by atoms with Crippen molar-refractivity contribution in [2.24, 2.45) is 0 Å². The Hall–Kier alpha value is -3.80. The predicted octanol–water partition coefficient (Wildman–Crippen LogP) is 1.63. The van der Waals surface area contributed by atoms with Gasteiger partial charge in [0.15, 0.2) is 0 Å². The summed E-state index contributed by atoms with van der Waals surface area (Å²) in [6, 6.07) is 8.01. The zero-order valence-electron chi connectivity index (χ0n) is 14.5. The molecule has 136 valence electrons. The Morgan fingerprint density at radius 1 is 1.37 bits per heavy atom. The minimum atomic E-state index is -0.440. The number of nitrogen functional groups attached to an aromatic ring is 1. The maximum absolute atomic E-state index is 14.0. The molecule has 0 saturated carbocycles. The number of aromatic nitrogens is 3. The minimum Gasteiger partial charge on any atom is -0.382 e. The first-order chi connectivity index (χ1) is 13.0. The maximum atomic E-state index is 14.0. The summed E-state index contributed by atoms with van der Waals surface area (Å²) >= 11 is 0. The molecule has 1 amide bonds. The average molecular weight is 365 g/mol. The smallest absolute Gasteiger partial charge is 0.252 e. The highest BCUT2D eigenvalue weighted by atomic mass is 19.1. The molecule has 0 fully saturated rings. The van der Waals surface area contributed by atoms with Crippen molar-refractivity contribution in [2.45, 2.75) is 6.42 Å². The molecule has 0 atom stereocenters. The van der Waals surface area contributed by atoms with E-state index in [0.29, 0.717) is 35.6 Å². The maximum Gasteiger partial charge on any atom is 0.252 e. The van der Waals surface area contributed by atoms with E-state index >= 15 is 0 Å². The lowest BCUT2D eigenvalue weighted by Crippen LogP contribution is -2.21. The number of pyridine rings is 1. The normalized spacial score (nSPS) is 10.4. The first kappa shape index (κ1) is 18.0. The number of hydrogen-bond acceptors (Lipinski definition) is 7. The standard InChI is InChI=1S/C18H16FN7O/c1-22-18(27)11-7-10-13(19)3-2-4-14(10)26-15(11)5-6-23-17-12(8-20)16(21)24-9-25-17/h2-4,7,9H,5-6H2,1H3,(H,22,27)(H3,21,23,24,25). The fourth-order valence-electron chi connectivity index (χ4n) is 2.66. The van der Waals surface area contributed by atoms with Gasteiger partial charge in [0.25, 0.3) is 5.91 Å². The summed E-state index contributed by atoms with van der Waals surface area (Å²) < 4.78 is 14.0. The average Bonchev–Trinajstić information content (AvgIpc) is 2.67. The number of nitrogens with two attached hydrogens (primary N) is 1. The number of anilines is 2. The number of nitriles is 1. The van der Waals surface area contributed by atoms with Gasteiger partial charge < -0.3 is 16.4 Å². The SMILES string of the molecule is CNC(=O)c1cc2c(F)cccc2nc1CCNc1ncnc(N)c1C#N. The molecule has 0 aliphatic heterocycles. The number of benzene rings is 1. The van der Waals surface area contributed by atoms with E-state index in [2.05, 4.69) is 25.6 Å². The van der Waals surface area contributed by atoms with Gasteiger partial charge in [-0.2, -0.15) is 5.26 Å². The summed E-state index contributed by atoms with van der Waals surface area (Å²) in [6.45, 7) is 0.336. The first-order valence-electron chi connectivity index (χ1n) is 8.09. The lowest BCUT2D eigenvalue weighted by molar-refractivity contribution is 0.0962. The molecule has 2 heterocycles. The summed E-state index contributed by atoms with van der Waals surface area (Å²) in [5.41, 5.74) is 7.06. The Morgan fingerprint density at radius 2 is 2.19 bits per heavy atom. The van der Waals surface area contributed by atoms with E-state index in [9.17, 15) is 9.18 Å². The molecule has 3 rings (SSSR count). The van der Waals surface area contributed by atoms with Crippen LogP contribution in [-0.2, 0) is 6.42 Å². The van der Waals surface area contributed by atoms with E-state index in [0.717, 1.165) is 0 Å². The molecule has 0 aliphatic carbocycles. The monoisotopic (exact) mass is 365 g/mol. The fraction of sp³-hybridized carbons (Fsp3) is 0.167. The van der Waals surface area contributed by atoms with Crippen LogP contribution in [0.2, 0.25) is 0 Å². The number of carbonyl (C=O) groups is 1. The summed E-state index contributed by atoms with van der Waals surface area (Å²) in [5, 5.41) is 15.0. The number of nitrogens with one attached hydrogen (secondary N) is 2. The van der Waals surface area contributed by atoms with Crippen LogP contribution in [0.3, 0.4) is 0 Å². The number of hydrogen-bond donors (Lipinski definition) is 3. The van der Waals surface area contributed by atoms with E-state index in [1.807, 2.05) is 6.07 Å². The van der Waals surface area contributed by atoms with Gasteiger partial charge in [0.05, 0.1) is 16.8 Å². The van der Waals surface area contributed by atoms with E-state index < -0.39 is 5.82 Å². The number of fused-ring (bicyclic) bond motifs is 1. The van der Waals surface area contributed by atoms with E-state index in [1.165, 1.54) is 25.5 Å². The van der Waals surface area contributed by atoms with Crippen LogP contribution in [0.25, 0.3) is 10.9 Å². The molecule has 0 bridgehead atoms. The number of halogens is 1. The number of amides is 1. The van der Waals surface area contributed by atoms with Gasteiger partial charge in [-0.15, -0.1) is 0 Å². The predicted molar refractivity (Wildman–Crippen MR) is 98.4 cm³/mol. The zero-order chi connectivity index (χ0) is 19.4. The van der Waals surface area contributed by atoms with Crippen molar-refractivity contribution in [1.82, 2.24) is 20.3 Å². The van der Waals surface area contributed by atoms with Gasteiger partial charge in [0, 0.05) is 25.4 Å². The van der Waals surface area contributed by atoms with Crippen molar-refractivity contribution in [2.75, 3.05) is 24.6 Å². The second kappa shape index (κ2) is 7.61. The lowest BCUT2D eigenvalue weighted by atomic mass is 10.1. The third kappa shape index (κ3) is 3.59. The van der Waals surface area contributed by atoms with Gasteiger partial charge in [-0.05, 0) is 18.2 Å². The second-order valence-electron chi connectivity index (χ2n) is 5.64. The molecule has 2 aromatic heterocycles. The van der Waals surface area contributed by atoms with Crippen molar-refractivity contribution in [1.29, 1.82) is 5.26 Å². The van der Waals surface area contributed by atoms with Crippen LogP contribution >= 0.6 is 0 Å². The van der Waals surface area contributed by atoms with Gasteiger partial charge in [0.1, 0.15) is 35.4 Å². The molecular formula is C18H16FN7O. The minimum absolute atomic E-state index is 0.0837. The molecule has 1 aromatic carbocycles. The molecule has 3 aromatic rings. The molecule has 0 saturated heterocycles. The second-order valence-corrected chi connectivity index (χ2v) is 5.64. The third-order valence-electron chi connectivity index (χ3n) is 4.00. The Kier molecular flexibility index (Phi) is 5.08. The number of carbonyl (C=O) groups excluding carboxylic acids is 1. The summed E-state index contributed by atoms with van der Waals surface area (Å²) in [5.74, 6) is -0.407. The van der Waals surface area contributed by atoms with Gasteiger partial charge in [-0.25, -0.2) is 14.4 Å². The van der Waals surface area contributed by atoms with Crippen LogP contribution in [0.1, 0.15) is 21.6 Å². The van der Waals surface area contributed by atoms with Crippen molar-refractivity contribution in [3.8, 4) is 6.07 Å². The Labute approximate surface area is 154 Å². The Morgan fingerprint density at radius 3 is 2.93 bits per heavy atom. The first-order valence-corrected chi connectivity index (χ1v) is 8.09. The third-order valence-corrected chi connectivity index (χ3v) is 4.00. The molecule has 0 spiro atoms. The summed E-state index contributed by atoms with van der Waals surface area (Å²) in [4.78, 5) is 24.4. The van der Waals surface area contributed by atoms with Crippen LogP contribution < -0.4 is 16.4 Å².